The van der Waals surface area contributed by atoms with Gasteiger partial charge in [-0.25, -0.2) is 0 Å². The Hall–Kier alpha value is -1.62. The number of halogens is 1. The number of nitrogens with zero attached hydrogens (tertiary/aromatic N) is 1. The van der Waals surface area contributed by atoms with Gasteiger partial charge in [-0.05, 0) is 31.9 Å². The third-order valence-corrected chi connectivity index (χ3v) is 3.69. The van der Waals surface area contributed by atoms with Gasteiger partial charge < -0.3 is 5.32 Å². The van der Waals surface area contributed by atoms with Crippen molar-refractivity contribution in [3.05, 3.63) is 38.9 Å². The molecule has 0 saturated heterocycles. The van der Waals surface area contributed by atoms with Gasteiger partial charge in [0.25, 0.3) is 11.6 Å². The Morgan fingerprint density at radius 2 is 2.00 bits per heavy atom. The molecule has 1 amide bonds. The minimum atomic E-state index is -0.577. The Balaban J connectivity index is 2.96. The number of nitrogens with one attached hydrogen (secondary N) is 1. The maximum Gasteiger partial charge on any atom is 0.287 e. The lowest BCUT2D eigenvalue weighted by Crippen LogP contribution is -2.44. The van der Waals surface area contributed by atoms with E-state index in [1.54, 1.807) is 0 Å². The highest BCUT2D eigenvalue weighted by atomic mass is 35.5. The van der Waals surface area contributed by atoms with Crippen molar-refractivity contribution in [1.82, 2.24) is 5.32 Å². The van der Waals surface area contributed by atoms with Crippen molar-refractivity contribution in [3.63, 3.8) is 0 Å². The molecule has 19 heavy (non-hydrogen) atoms. The minimum absolute atomic E-state index is 0.0349. The fourth-order valence-electron chi connectivity index (χ4n) is 1.57. The molecule has 0 atom stereocenters. The summed E-state index contributed by atoms with van der Waals surface area (Å²) in [7, 11) is 0. The molecule has 1 rings (SSSR count). The smallest absolute Gasteiger partial charge is 0.287 e. The lowest BCUT2D eigenvalue weighted by atomic mass is 9.95. The molecule has 1 N–H and O–H groups in total. The lowest BCUT2D eigenvalue weighted by molar-refractivity contribution is -0.384. The highest BCUT2D eigenvalue weighted by molar-refractivity contribution is 6.33. The largest absolute Gasteiger partial charge is 0.347 e. The first kappa shape index (κ1) is 15.4. The highest BCUT2D eigenvalue weighted by Crippen LogP contribution is 2.25. The van der Waals surface area contributed by atoms with E-state index in [-0.39, 0.29) is 22.2 Å². The van der Waals surface area contributed by atoms with Crippen molar-refractivity contribution in [1.29, 1.82) is 0 Å². The number of carbonyl (C=O) groups is 1. The maximum atomic E-state index is 12.1. The van der Waals surface area contributed by atoms with Gasteiger partial charge in [0.1, 0.15) is 5.02 Å². The number of hydrogen-bond acceptors (Lipinski definition) is 3. The molecule has 0 spiro atoms. The summed E-state index contributed by atoms with van der Waals surface area (Å²) in [5.41, 5.74) is -0.165. The molecule has 0 bridgehead atoms. The lowest BCUT2D eigenvalue weighted by Gasteiger charge is -2.28. The molecule has 1 aromatic rings. The molecule has 104 valence electrons. The van der Waals surface area contributed by atoms with Crippen LogP contribution in [0.1, 0.15) is 44.0 Å². The molecule has 0 heterocycles. The van der Waals surface area contributed by atoms with Crippen LogP contribution in [0.15, 0.2) is 18.2 Å². The number of nitro benzene ring substituents is 1. The summed E-state index contributed by atoms with van der Waals surface area (Å²) in [6, 6.07) is 3.97. The molecule has 1 aromatic carbocycles. The Labute approximate surface area is 117 Å². The monoisotopic (exact) mass is 284 g/mol. The van der Waals surface area contributed by atoms with Crippen molar-refractivity contribution in [3.8, 4) is 0 Å². The van der Waals surface area contributed by atoms with Crippen LogP contribution < -0.4 is 5.32 Å². The van der Waals surface area contributed by atoms with Crippen molar-refractivity contribution < 1.29 is 9.72 Å². The molecule has 0 aliphatic rings. The van der Waals surface area contributed by atoms with Crippen LogP contribution in [0.4, 0.5) is 5.69 Å². The normalized spacial score (nSPS) is 11.2. The van der Waals surface area contributed by atoms with E-state index in [4.69, 9.17) is 11.6 Å². The van der Waals surface area contributed by atoms with Crippen LogP contribution >= 0.6 is 11.6 Å². The van der Waals surface area contributed by atoms with Crippen LogP contribution in [0.2, 0.25) is 5.02 Å². The van der Waals surface area contributed by atoms with E-state index in [0.717, 1.165) is 12.8 Å². The van der Waals surface area contributed by atoms with Crippen LogP contribution in [0, 0.1) is 10.1 Å². The average molecular weight is 285 g/mol. The predicted molar refractivity (Wildman–Crippen MR) is 74.6 cm³/mol. The van der Waals surface area contributed by atoms with Crippen molar-refractivity contribution in [2.24, 2.45) is 0 Å². The van der Waals surface area contributed by atoms with E-state index < -0.39 is 4.92 Å². The second-order valence-electron chi connectivity index (χ2n) is 4.65. The molecule has 0 saturated carbocycles. The number of rotatable bonds is 5. The Kier molecular flexibility index (Phi) is 4.89. The van der Waals surface area contributed by atoms with E-state index in [2.05, 4.69) is 5.32 Å². The summed E-state index contributed by atoms with van der Waals surface area (Å²) >= 11 is 5.79. The van der Waals surface area contributed by atoms with Gasteiger partial charge in [0.2, 0.25) is 0 Å². The molecule has 0 aliphatic heterocycles. The third kappa shape index (κ3) is 3.67. The standard InChI is InChI=1S/C13H17ClN2O3/c1-4-13(3,5-2)15-12(17)9-6-7-11(16(18)19)10(14)8-9/h6-8H,4-5H2,1-3H3,(H,15,17). The highest BCUT2D eigenvalue weighted by Gasteiger charge is 2.23. The summed E-state index contributed by atoms with van der Waals surface area (Å²) in [4.78, 5) is 22.1. The van der Waals surface area contributed by atoms with Gasteiger partial charge in [-0.2, -0.15) is 0 Å². The summed E-state index contributed by atoms with van der Waals surface area (Å²) in [6.45, 7) is 5.94. The molecule has 0 aromatic heterocycles. The molecule has 5 nitrogen and oxygen atoms in total. The molecule has 0 radical (unpaired) electrons. The Morgan fingerprint density at radius 3 is 2.42 bits per heavy atom. The van der Waals surface area contributed by atoms with E-state index in [9.17, 15) is 14.9 Å². The predicted octanol–water partition coefficient (Wildman–Crippen LogP) is 3.56. The minimum Gasteiger partial charge on any atom is -0.347 e. The fourth-order valence-corrected chi connectivity index (χ4v) is 1.82. The molecule has 0 aliphatic carbocycles. The van der Waals surface area contributed by atoms with Gasteiger partial charge in [-0.1, -0.05) is 25.4 Å². The molecule has 0 unspecified atom stereocenters. The summed E-state index contributed by atoms with van der Waals surface area (Å²) < 4.78 is 0. The Morgan fingerprint density at radius 1 is 1.42 bits per heavy atom. The zero-order valence-electron chi connectivity index (χ0n) is 11.2. The van der Waals surface area contributed by atoms with Gasteiger partial charge in [-0.3, -0.25) is 14.9 Å². The van der Waals surface area contributed by atoms with Crippen molar-refractivity contribution >= 4 is 23.2 Å². The maximum absolute atomic E-state index is 12.1. The van der Waals surface area contributed by atoms with Gasteiger partial charge in [0.05, 0.1) is 4.92 Å². The molecular weight excluding hydrogens is 268 g/mol. The summed E-state index contributed by atoms with van der Waals surface area (Å²) in [6.07, 6.45) is 1.60. The zero-order valence-corrected chi connectivity index (χ0v) is 12.0. The van der Waals surface area contributed by atoms with E-state index in [1.165, 1.54) is 18.2 Å². The van der Waals surface area contributed by atoms with Gasteiger partial charge in [0.15, 0.2) is 0 Å². The Bertz CT molecular complexity index is 499. The number of nitro groups is 1. The molecule has 6 heteroatoms. The van der Waals surface area contributed by atoms with Crippen molar-refractivity contribution in [2.45, 2.75) is 39.2 Å². The molecular formula is C13H17ClN2O3. The zero-order chi connectivity index (χ0) is 14.6. The first-order valence-electron chi connectivity index (χ1n) is 6.09. The number of benzene rings is 1. The van der Waals surface area contributed by atoms with Crippen LogP contribution in [-0.4, -0.2) is 16.4 Å². The van der Waals surface area contributed by atoms with Gasteiger partial charge in [-0.15, -0.1) is 0 Å². The second kappa shape index (κ2) is 6.02. The molecule has 0 fully saturated rings. The van der Waals surface area contributed by atoms with Crippen LogP contribution in [0.5, 0.6) is 0 Å². The first-order chi connectivity index (χ1) is 8.83. The van der Waals surface area contributed by atoms with Crippen molar-refractivity contribution in [2.75, 3.05) is 0 Å². The van der Waals surface area contributed by atoms with Gasteiger partial charge >= 0.3 is 0 Å². The fraction of sp³-hybridized carbons (Fsp3) is 0.462. The van der Waals surface area contributed by atoms with Crippen LogP contribution in [0.3, 0.4) is 0 Å². The topological polar surface area (TPSA) is 72.2 Å². The van der Waals surface area contributed by atoms with E-state index in [0.29, 0.717) is 5.56 Å². The van der Waals surface area contributed by atoms with E-state index in [1.807, 2.05) is 20.8 Å². The first-order valence-corrected chi connectivity index (χ1v) is 6.47. The summed E-state index contributed by atoms with van der Waals surface area (Å²) in [5, 5.41) is 13.5. The third-order valence-electron chi connectivity index (χ3n) is 3.38. The second-order valence-corrected chi connectivity index (χ2v) is 5.05. The average Bonchev–Trinajstić information content (AvgIpc) is 2.37. The number of hydrogen-bond donors (Lipinski definition) is 1. The van der Waals surface area contributed by atoms with Gasteiger partial charge in [0, 0.05) is 17.2 Å². The van der Waals surface area contributed by atoms with Crippen LogP contribution in [-0.2, 0) is 0 Å². The number of carbonyl (C=O) groups excluding carboxylic acids is 1. The SMILES string of the molecule is CCC(C)(CC)NC(=O)c1ccc([N+](=O)[O-])c(Cl)c1. The quantitative estimate of drug-likeness (QED) is 0.664. The number of amides is 1. The van der Waals surface area contributed by atoms with Crippen LogP contribution in [0.25, 0.3) is 0 Å². The summed E-state index contributed by atoms with van der Waals surface area (Å²) in [5.74, 6) is -0.275. The van der Waals surface area contributed by atoms with E-state index >= 15 is 0 Å².